The van der Waals surface area contributed by atoms with Crippen LogP contribution < -0.4 is 0 Å². The predicted octanol–water partition coefficient (Wildman–Crippen LogP) is 0.541. The zero-order chi connectivity index (χ0) is 12.6. The third-order valence-electron chi connectivity index (χ3n) is 2.67. The van der Waals surface area contributed by atoms with Gasteiger partial charge in [-0.25, -0.2) is 8.42 Å². The third kappa shape index (κ3) is 2.18. The molecule has 1 aliphatic heterocycles. The van der Waals surface area contributed by atoms with Crippen molar-refractivity contribution in [3.8, 4) is 0 Å². The van der Waals surface area contributed by atoms with Crippen molar-refractivity contribution in [3.05, 3.63) is 29.8 Å². The number of ether oxygens (including phenoxy) is 1. The lowest BCUT2D eigenvalue weighted by molar-refractivity contribution is -0.140. The van der Waals surface area contributed by atoms with E-state index in [1.54, 1.807) is 12.1 Å². The third-order valence-corrected chi connectivity index (χ3v) is 4.56. The highest BCUT2D eigenvalue weighted by molar-refractivity contribution is 7.89. The van der Waals surface area contributed by atoms with Crippen molar-refractivity contribution in [3.63, 3.8) is 0 Å². The van der Waals surface area contributed by atoms with Gasteiger partial charge in [0.15, 0.2) is 0 Å². The Hall–Kier alpha value is -1.40. The van der Waals surface area contributed by atoms with Crippen molar-refractivity contribution in [1.29, 1.82) is 0 Å². The molecule has 2 atom stereocenters. The lowest BCUT2D eigenvalue weighted by Crippen LogP contribution is -2.20. The van der Waals surface area contributed by atoms with Crippen LogP contribution in [0.15, 0.2) is 29.2 Å². The molecule has 1 aromatic carbocycles. The van der Waals surface area contributed by atoms with Gasteiger partial charge in [0.2, 0.25) is 10.0 Å². The summed E-state index contributed by atoms with van der Waals surface area (Å²) in [7, 11) is -2.31. The maximum absolute atomic E-state index is 12.1. The van der Waals surface area contributed by atoms with Crippen molar-refractivity contribution < 1.29 is 17.9 Å². The first-order valence-corrected chi connectivity index (χ1v) is 6.57. The highest BCUT2D eigenvalue weighted by Gasteiger charge is 2.50. The Morgan fingerprint density at radius 1 is 1.35 bits per heavy atom. The lowest BCUT2D eigenvalue weighted by atomic mass is 10.2. The summed E-state index contributed by atoms with van der Waals surface area (Å²) < 4.78 is 29.7. The molecule has 0 spiro atoms. The lowest BCUT2D eigenvalue weighted by Gasteiger charge is -2.05. The number of methoxy groups -OCH3 is 1. The summed E-state index contributed by atoms with van der Waals surface area (Å²) in [5.74, 6) is -0.513. The van der Waals surface area contributed by atoms with Gasteiger partial charge in [-0.2, -0.15) is 4.31 Å². The molecule has 1 heterocycles. The number of nitrogens with zero attached hydrogens (tertiary/aromatic N) is 1. The van der Waals surface area contributed by atoms with Crippen LogP contribution in [0.1, 0.15) is 5.56 Å². The van der Waals surface area contributed by atoms with Crippen LogP contribution in [0.25, 0.3) is 0 Å². The Balaban J connectivity index is 2.22. The molecule has 0 aliphatic carbocycles. The Bertz CT molecular complexity index is 535. The number of esters is 1. The summed E-state index contributed by atoms with van der Waals surface area (Å²) >= 11 is 0. The highest BCUT2D eigenvalue weighted by atomic mass is 32.2. The number of aryl methyl sites for hydroxylation is 1. The maximum atomic E-state index is 12.1. The van der Waals surface area contributed by atoms with E-state index in [-0.39, 0.29) is 11.4 Å². The zero-order valence-electron chi connectivity index (χ0n) is 9.58. The normalized spacial score (nSPS) is 23.2. The van der Waals surface area contributed by atoms with Crippen molar-refractivity contribution in [1.82, 2.24) is 4.31 Å². The summed E-state index contributed by atoms with van der Waals surface area (Å²) in [6.45, 7) is 2.08. The van der Waals surface area contributed by atoms with Crippen molar-refractivity contribution in [2.24, 2.45) is 0 Å². The Kier molecular flexibility index (Phi) is 2.92. The first-order chi connectivity index (χ1) is 7.96. The van der Waals surface area contributed by atoms with Gasteiger partial charge in [-0.15, -0.1) is 0 Å². The standard InChI is InChI=1S/C11H13NO4S/c1-8-3-5-9(6-4-8)17(14,15)12-7-10(12)11(13)16-2/h3-6,10H,7H2,1-2H3/t10-,12?/m0/s1. The minimum atomic E-state index is -3.55. The summed E-state index contributed by atoms with van der Waals surface area (Å²) in [6, 6.07) is 5.87. The van der Waals surface area contributed by atoms with Gasteiger partial charge in [0, 0.05) is 6.54 Å². The van der Waals surface area contributed by atoms with Gasteiger partial charge >= 0.3 is 5.97 Å². The second-order valence-corrected chi connectivity index (χ2v) is 5.82. The molecule has 6 heteroatoms. The van der Waals surface area contributed by atoms with Crippen LogP contribution in [-0.4, -0.2) is 38.4 Å². The fraction of sp³-hybridized carbons (Fsp3) is 0.364. The van der Waals surface area contributed by atoms with Crippen LogP contribution in [0.4, 0.5) is 0 Å². The number of carbonyl (C=O) groups excluding carboxylic acids is 1. The zero-order valence-corrected chi connectivity index (χ0v) is 10.4. The van der Waals surface area contributed by atoms with Crippen LogP contribution in [0.5, 0.6) is 0 Å². The summed E-state index contributed by atoms with van der Waals surface area (Å²) in [4.78, 5) is 11.4. The van der Waals surface area contributed by atoms with Crippen LogP contribution in [0.2, 0.25) is 0 Å². The molecule has 0 bridgehead atoms. The Morgan fingerprint density at radius 3 is 2.47 bits per heavy atom. The molecule has 1 unspecified atom stereocenters. The number of hydrogen-bond acceptors (Lipinski definition) is 4. The van der Waals surface area contributed by atoms with Crippen LogP contribution >= 0.6 is 0 Å². The smallest absolute Gasteiger partial charge is 0.325 e. The number of benzene rings is 1. The summed E-state index contributed by atoms with van der Waals surface area (Å²) in [6.07, 6.45) is 0. The minimum absolute atomic E-state index is 0.197. The molecule has 1 aromatic rings. The number of hydrogen-bond donors (Lipinski definition) is 0. The van der Waals surface area contributed by atoms with E-state index in [2.05, 4.69) is 4.74 Å². The van der Waals surface area contributed by atoms with Crippen LogP contribution in [0, 0.1) is 6.92 Å². The maximum Gasteiger partial charge on any atom is 0.325 e. The first-order valence-electron chi connectivity index (χ1n) is 5.13. The first kappa shape index (κ1) is 12.1. The SMILES string of the molecule is COC(=O)[C@@H]1CN1S(=O)(=O)c1ccc(C)cc1. The molecule has 92 valence electrons. The van der Waals surface area contributed by atoms with Gasteiger partial charge < -0.3 is 4.74 Å². The predicted molar refractivity (Wildman–Crippen MR) is 60.9 cm³/mol. The molecule has 2 rings (SSSR count). The molecule has 1 saturated heterocycles. The molecular weight excluding hydrogens is 242 g/mol. The fourth-order valence-corrected chi connectivity index (χ4v) is 3.07. The van der Waals surface area contributed by atoms with Gasteiger partial charge in [0.1, 0.15) is 6.04 Å². The van der Waals surface area contributed by atoms with Crippen LogP contribution in [0.3, 0.4) is 0 Å². The van der Waals surface area contributed by atoms with Gasteiger partial charge in [-0.3, -0.25) is 4.79 Å². The van der Waals surface area contributed by atoms with Gasteiger partial charge in [0.05, 0.1) is 12.0 Å². The Morgan fingerprint density at radius 2 is 1.94 bits per heavy atom. The molecule has 0 N–H and O–H groups in total. The Labute approximate surface area is 100 Å². The van der Waals surface area contributed by atoms with E-state index < -0.39 is 22.0 Å². The average molecular weight is 255 g/mol. The molecule has 0 radical (unpaired) electrons. The van der Waals surface area contributed by atoms with E-state index in [4.69, 9.17) is 0 Å². The number of sulfonamides is 1. The van der Waals surface area contributed by atoms with Crippen LogP contribution in [-0.2, 0) is 19.6 Å². The van der Waals surface area contributed by atoms with Gasteiger partial charge in [-0.05, 0) is 19.1 Å². The fourth-order valence-electron chi connectivity index (χ4n) is 1.56. The molecule has 5 nitrogen and oxygen atoms in total. The molecule has 0 amide bonds. The number of rotatable bonds is 3. The highest BCUT2D eigenvalue weighted by Crippen LogP contribution is 2.28. The van der Waals surface area contributed by atoms with E-state index in [9.17, 15) is 13.2 Å². The van der Waals surface area contributed by atoms with Crippen molar-refractivity contribution in [2.75, 3.05) is 13.7 Å². The quantitative estimate of drug-likeness (QED) is 0.584. The second kappa shape index (κ2) is 4.12. The largest absolute Gasteiger partial charge is 0.468 e. The monoisotopic (exact) mass is 255 g/mol. The molecule has 17 heavy (non-hydrogen) atoms. The number of carbonyl (C=O) groups is 1. The molecular formula is C11H13NO4S. The molecule has 1 fully saturated rings. The van der Waals surface area contributed by atoms with E-state index >= 15 is 0 Å². The second-order valence-electron chi connectivity index (χ2n) is 3.93. The molecule has 0 aromatic heterocycles. The van der Waals surface area contributed by atoms with E-state index in [0.717, 1.165) is 9.87 Å². The topological polar surface area (TPSA) is 63.5 Å². The molecule has 0 saturated carbocycles. The summed E-state index contributed by atoms with van der Waals surface area (Å²) in [5, 5.41) is 0. The van der Waals surface area contributed by atoms with Gasteiger partial charge in [0.25, 0.3) is 0 Å². The van der Waals surface area contributed by atoms with Crippen molar-refractivity contribution in [2.45, 2.75) is 17.9 Å². The van der Waals surface area contributed by atoms with Crippen molar-refractivity contribution >= 4 is 16.0 Å². The minimum Gasteiger partial charge on any atom is -0.468 e. The van der Waals surface area contributed by atoms with Gasteiger partial charge in [-0.1, -0.05) is 17.7 Å². The van der Waals surface area contributed by atoms with E-state index in [1.807, 2.05) is 6.92 Å². The van der Waals surface area contributed by atoms with E-state index in [1.165, 1.54) is 19.2 Å². The summed E-state index contributed by atoms with van der Waals surface area (Å²) in [5.41, 5.74) is 0.985. The average Bonchev–Trinajstić information content (AvgIpc) is 3.09. The van der Waals surface area contributed by atoms with E-state index in [0.29, 0.717) is 0 Å². The molecule has 1 aliphatic rings.